The van der Waals surface area contributed by atoms with E-state index in [0.717, 1.165) is 24.2 Å². The van der Waals surface area contributed by atoms with E-state index < -0.39 is 0 Å². The van der Waals surface area contributed by atoms with Crippen LogP contribution < -0.4 is 15.8 Å². The van der Waals surface area contributed by atoms with Gasteiger partial charge < -0.3 is 15.8 Å². The third kappa shape index (κ3) is 3.48. The van der Waals surface area contributed by atoms with Crippen LogP contribution in [0.15, 0.2) is 42.5 Å². The molecule has 4 nitrogen and oxygen atoms in total. The van der Waals surface area contributed by atoms with E-state index in [4.69, 9.17) is 10.5 Å². The van der Waals surface area contributed by atoms with Gasteiger partial charge in [0.1, 0.15) is 5.75 Å². The third-order valence-electron chi connectivity index (χ3n) is 5.33. The molecular formula is C21H26N2O2. The summed E-state index contributed by atoms with van der Waals surface area (Å²) in [5.41, 5.74) is 9.17. The van der Waals surface area contributed by atoms with Crippen molar-refractivity contribution in [1.82, 2.24) is 5.32 Å². The molecule has 4 heteroatoms. The number of rotatable bonds is 5. The van der Waals surface area contributed by atoms with Gasteiger partial charge in [0.15, 0.2) is 0 Å². The molecule has 2 aromatic rings. The topological polar surface area (TPSA) is 64.3 Å². The van der Waals surface area contributed by atoms with Gasteiger partial charge in [-0.15, -0.1) is 0 Å². The van der Waals surface area contributed by atoms with E-state index in [9.17, 15) is 4.79 Å². The van der Waals surface area contributed by atoms with Crippen molar-refractivity contribution in [1.29, 1.82) is 0 Å². The molecule has 132 valence electrons. The number of anilines is 1. The van der Waals surface area contributed by atoms with Gasteiger partial charge in [0.2, 0.25) is 0 Å². The number of nitrogens with one attached hydrogen (secondary N) is 1. The molecular weight excluding hydrogens is 312 g/mol. The van der Waals surface area contributed by atoms with Gasteiger partial charge >= 0.3 is 0 Å². The van der Waals surface area contributed by atoms with Crippen LogP contribution in [0, 0.1) is 6.92 Å². The van der Waals surface area contributed by atoms with Crippen LogP contribution in [0.3, 0.4) is 0 Å². The summed E-state index contributed by atoms with van der Waals surface area (Å²) in [5, 5.41) is 3.15. The molecule has 0 atom stereocenters. The predicted octanol–water partition coefficient (Wildman–Crippen LogP) is 3.83. The highest BCUT2D eigenvalue weighted by Gasteiger charge is 2.38. The number of nitrogens with two attached hydrogens (primary N) is 1. The Morgan fingerprint density at radius 1 is 1.20 bits per heavy atom. The maximum Gasteiger partial charge on any atom is 0.251 e. The Kier molecular flexibility index (Phi) is 4.98. The second-order valence-corrected chi connectivity index (χ2v) is 6.94. The van der Waals surface area contributed by atoms with Crippen molar-refractivity contribution in [2.75, 3.05) is 19.4 Å². The summed E-state index contributed by atoms with van der Waals surface area (Å²) >= 11 is 0. The highest BCUT2D eigenvalue weighted by Crippen LogP contribution is 2.44. The fourth-order valence-electron chi connectivity index (χ4n) is 3.90. The van der Waals surface area contributed by atoms with Crippen molar-refractivity contribution < 1.29 is 9.53 Å². The van der Waals surface area contributed by atoms with Crippen LogP contribution in [0.5, 0.6) is 5.75 Å². The van der Waals surface area contributed by atoms with E-state index in [1.807, 2.05) is 37.3 Å². The van der Waals surface area contributed by atoms with Gasteiger partial charge in [-0.3, -0.25) is 4.79 Å². The molecule has 1 saturated carbocycles. The van der Waals surface area contributed by atoms with Gasteiger partial charge in [-0.25, -0.2) is 0 Å². The Labute approximate surface area is 149 Å². The van der Waals surface area contributed by atoms with Gasteiger partial charge in [-0.1, -0.05) is 37.1 Å². The molecule has 3 N–H and O–H groups in total. The lowest BCUT2D eigenvalue weighted by Gasteiger charge is -2.31. The average molecular weight is 338 g/mol. The summed E-state index contributed by atoms with van der Waals surface area (Å²) < 4.78 is 5.58. The number of hydrogen-bond acceptors (Lipinski definition) is 3. The Morgan fingerprint density at radius 3 is 2.64 bits per heavy atom. The fourth-order valence-corrected chi connectivity index (χ4v) is 3.90. The van der Waals surface area contributed by atoms with E-state index in [2.05, 4.69) is 11.4 Å². The second kappa shape index (κ2) is 7.18. The Balaban J connectivity index is 1.83. The lowest BCUT2D eigenvalue weighted by atomic mass is 9.78. The van der Waals surface area contributed by atoms with Crippen LogP contribution in [0.2, 0.25) is 0 Å². The van der Waals surface area contributed by atoms with E-state index in [-0.39, 0.29) is 11.3 Å². The zero-order valence-corrected chi connectivity index (χ0v) is 15.0. The molecule has 0 aliphatic heterocycles. The van der Waals surface area contributed by atoms with E-state index >= 15 is 0 Å². The quantitative estimate of drug-likeness (QED) is 0.815. The Bertz CT molecular complexity index is 764. The zero-order valence-electron chi connectivity index (χ0n) is 15.0. The van der Waals surface area contributed by atoms with Crippen molar-refractivity contribution in [2.45, 2.75) is 38.0 Å². The van der Waals surface area contributed by atoms with Crippen molar-refractivity contribution in [2.24, 2.45) is 0 Å². The minimum atomic E-state index is -0.0639. The number of nitrogen functional groups attached to an aromatic ring is 1. The number of amides is 1. The molecule has 1 aliphatic carbocycles. The number of para-hydroxylation sites is 1. The van der Waals surface area contributed by atoms with Crippen molar-refractivity contribution in [3.63, 3.8) is 0 Å². The largest absolute Gasteiger partial charge is 0.496 e. The molecule has 0 aromatic heterocycles. The average Bonchev–Trinajstić information content (AvgIpc) is 3.11. The smallest absolute Gasteiger partial charge is 0.251 e. The normalized spacial score (nSPS) is 15.8. The molecule has 2 aromatic carbocycles. The van der Waals surface area contributed by atoms with E-state index in [1.54, 1.807) is 13.2 Å². The van der Waals surface area contributed by atoms with Gasteiger partial charge in [0.25, 0.3) is 5.91 Å². The Morgan fingerprint density at radius 2 is 1.92 bits per heavy atom. The maximum absolute atomic E-state index is 12.7. The molecule has 1 fully saturated rings. The molecule has 3 rings (SSSR count). The van der Waals surface area contributed by atoms with Gasteiger partial charge in [0.05, 0.1) is 7.11 Å². The standard InChI is InChI=1S/C21H26N2O2/c1-15-9-10-16(22)13-17(15)20(24)23-14-21(11-5-6-12-21)18-7-3-4-8-19(18)25-2/h3-4,7-10,13H,5-6,11-12,14,22H2,1-2H3,(H,23,24). The molecule has 25 heavy (non-hydrogen) atoms. The zero-order chi connectivity index (χ0) is 17.9. The molecule has 0 spiro atoms. The summed E-state index contributed by atoms with van der Waals surface area (Å²) in [6.45, 7) is 2.54. The predicted molar refractivity (Wildman–Crippen MR) is 101 cm³/mol. The summed E-state index contributed by atoms with van der Waals surface area (Å²) in [6, 6.07) is 13.6. The lowest BCUT2D eigenvalue weighted by Crippen LogP contribution is -2.39. The van der Waals surface area contributed by atoms with Crippen LogP contribution in [0.25, 0.3) is 0 Å². The first kappa shape index (κ1) is 17.3. The molecule has 0 heterocycles. The molecule has 1 aliphatic rings. The maximum atomic E-state index is 12.7. The molecule has 0 radical (unpaired) electrons. The van der Waals surface area contributed by atoms with Crippen molar-refractivity contribution >= 4 is 11.6 Å². The number of aryl methyl sites for hydroxylation is 1. The van der Waals surface area contributed by atoms with Gasteiger partial charge in [-0.05, 0) is 43.5 Å². The van der Waals surface area contributed by atoms with Crippen molar-refractivity contribution in [3.8, 4) is 5.75 Å². The molecule has 0 saturated heterocycles. The number of ether oxygens (including phenoxy) is 1. The summed E-state index contributed by atoms with van der Waals surface area (Å²) in [7, 11) is 1.70. The fraction of sp³-hybridized carbons (Fsp3) is 0.381. The summed E-state index contributed by atoms with van der Waals surface area (Å²) in [4.78, 5) is 12.7. The summed E-state index contributed by atoms with van der Waals surface area (Å²) in [6.07, 6.45) is 4.46. The van der Waals surface area contributed by atoms with Crippen LogP contribution >= 0.6 is 0 Å². The number of hydrogen-bond donors (Lipinski definition) is 2. The van der Waals surface area contributed by atoms with Crippen LogP contribution in [-0.4, -0.2) is 19.6 Å². The molecule has 0 bridgehead atoms. The van der Waals surface area contributed by atoms with Crippen molar-refractivity contribution in [3.05, 3.63) is 59.2 Å². The van der Waals surface area contributed by atoms with Crippen LogP contribution in [-0.2, 0) is 5.41 Å². The monoisotopic (exact) mass is 338 g/mol. The second-order valence-electron chi connectivity index (χ2n) is 6.94. The highest BCUT2D eigenvalue weighted by molar-refractivity contribution is 5.96. The minimum absolute atomic E-state index is 0.0590. The number of carbonyl (C=O) groups is 1. The first-order valence-corrected chi connectivity index (χ1v) is 8.83. The van der Waals surface area contributed by atoms with Gasteiger partial charge in [-0.2, -0.15) is 0 Å². The number of methoxy groups -OCH3 is 1. The number of carbonyl (C=O) groups excluding carboxylic acids is 1. The van der Waals surface area contributed by atoms with E-state index in [0.29, 0.717) is 17.8 Å². The highest BCUT2D eigenvalue weighted by atomic mass is 16.5. The SMILES string of the molecule is COc1ccccc1C1(CNC(=O)c2cc(N)ccc2C)CCCC1. The first-order chi connectivity index (χ1) is 12.1. The van der Waals surface area contributed by atoms with Gasteiger partial charge in [0, 0.05) is 28.8 Å². The van der Waals surface area contributed by atoms with Crippen LogP contribution in [0.4, 0.5) is 5.69 Å². The minimum Gasteiger partial charge on any atom is -0.496 e. The molecule has 1 amide bonds. The number of benzene rings is 2. The first-order valence-electron chi connectivity index (χ1n) is 8.83. The summed E-state index contributed by atoms with van der Waals surface area (Å²) in [5.74, 6) is 0.838. The Hall–Kier alpha value is -2.49. The molecule has 0 unspecified atom stereocenters. The third-order valence-corrected chi connectivity index (χ3v) is 5.33. The van der Waals surface area contributed by atoms with E-state index in [1.165, 1.54) is 18.4 Å². The van der Waals surface area contributed by atoms with Crippen LogP contribution in [0.1, 0.15) is 47.2 Å². The lowest BCUT2D eigenvalue weighted by molar-refractivity contribution is 0.0942.